The summed E-state index contributed by atoms with van der Waals surface area (Å²) in [4.78, 5) is 36.1. The first kappa shape index (κ1) is 20.6. The van der Waals surface area contributed by atoms with Crippen LogP contribution in [0.2, 0.25) is 0 Å². The fourth-order valence-electron chi connectivity index (χ4n) is 2.74. The summed E-state index contributed by atoms with van der Waals surface area (Å²) in [7, 11) is 1.45. The van der Waals surface area contributed by atoms with Gasteiger partial charge in [0, 0.05) is 13.0 Å². The number of benzene rings is 2. The van der Waals surface area contributed by atoms with Crippen molar-refractivity contribution in [3.05, 3.63) is 72.1 Å². The van der Waals surface area contributed by atoms with E-state index in [1.165, 1.54) is 11.8 Å². The molecule has 0 unspecified atom stereocenters. The molecule has 0 radical (unpaired) electrons. The summed E-state index contributed by atoms with van der Waals surface area (Å²) in [5, 5.41) is 9.61. The van der Waals surface area contributed by atoms with E-state index in [9.17, 15) is 14.4 Å². The molecule has 0 aliphatic carbocycles. The molecule has 3 aromatic rings. The Morgan fingerprint density at radius 1 is 1.03 bits per heavy atom. The summed E-state index contributed by atoms with van der Waals surface area (Å²) < 4.78 is 6.83. The summed E-state index contributed by atoms with van der Waals surface area (Å²) in [6, 6.07) is 15.8. The topological polar surface area (TPSA) is 128 Å². The third-order valence-corrected chi connectivity index (χ3v) is 4.21. The van der Waals surface area contributed by atoms with Gasteiger partial charge in [-0.15, -0.1) is 0 Å². The first-order chi connectivity index (χ1) is 14.5. The fraction of sp³-hybridized carbons (Fsp3) is 0.143. The molecule has 0 aliphatic rings. The van der Waals surface area contributed by atoms with E-state index in [2.05, 4.69) is 15.7 Å². The van der Waals surface area contributed by atoms with Crippen molar-refractivity contribution in [3.8, 4) is 11.4 Å². The van der Waals surface area contributed by atoms with Crippen molar-refractivity contribution in [3.63, 3.8) is 0 Å². The van der Waals surface area contributed by atoms with Gasteiger partial charge in [0.2, 0.25) is 5.91 Å². The highest BCUT2D eigenvalue weighted by Crippen LogP contribution is 2.22. The molecular formula is C21H21N5O4. The lowest BCUT2D eigenvalue weighted by Gasteiger charge is -2.11. The van der Waals surface area contributed by atoms with E-state index >= 15 is 0 Å². The summed E-state index contributed by atoms with van der Waals surface area (Å²) >= 11 is 0. The number of rotatable bonds is 8. The maximum Gasteiger partial charge on any atom is 0.280 e. The van der Waals surface area contributed by atoms with E-state index in [0.717, 1.165) is 5.69 Å². The Hall–Kier alpha value is -4.14. The molecule has 154 valence electrons. The minimum Gasteiger partial charge on any atom is -0.493 e. The number of nitrogens with two attached hydrogens (primary N) is 1. The number of methoxy groups -OCH3 is 1. The van der Waals surface area contributed by atoms with Crippen molar-refractivity contribution in [2.24, 2.45) is 5.73 Å². The standard InChI is InChI=1S/C21H21N5O4/c1-30-17-13-26(14-7-3-2-4-8-14)25-19(17)21(29)24-16-10-6-5-9-15(16)20(28)23-12-11-18(22)27/h2-10,13H,11-12H2,1H3,(H2,22,27)(H,23,28)(H,24,29). The van der Waals surface area contributed by atoms with Crippen molar-refractivity contribution >= 4 is 23.4 Å². The Morgan fingerprint density at radius 3 is 2.43 bits per heavy atom. The average molecular weight is 407 g/mol. The van der Waals surface area contributed by atoms with Gasteiger partial charge in [-0.05, 0) is 24.3 Å². The number of nitrogens with zero attached hydrogens (tertiary/aromatic N) is 2. The second-order valence-corrected chi connectivity index (χ2v) is 6.30. The van der Waals surface area contributed by atoms with Crippen LogP contribution in [0.25, 0.3) is 5.69 Å². The Bertz CT molecular complexity index is 1060. The number of nitrogens with one attached hydrogen (secondary N) is 2. The van der Waals surface area contributed by atoms with Crippen LogP contribution in [-0.2, 0) is 4.79 Å². The monoisotopic (exact) mass is 407 g/mol. The smallest absolute Gasteiger partial charge is 0.280 e. The van der Waals surface area contributed by atoms with Gasteiger partial charge in [-0.1, -0.05) is 30.3 Å². The molecule has 30 heavy (non-hydrogen) atoms. The summed E-state index contributed by atoms with van der Waals surface area (Å²) in [5.41, 5.74) is 6.47. The van der Waals surface area contributed by atoms with Crippen molar-refractivity contribution in [1.82, 2.24) is 15.1 Å². The van der Waals surface area contributed by atoms with Crippen molar-refractivity contribution in [1.29, 1.82) is 0 Å². The zero-order chi connectivity index (χ0) is 21.5. The highest BCUT2D eigenvalue weighted by atomic mass is 16.5. The molecule has 1 aromatic heterocycles. The van der Waals surface area contributed by atoms with Crippen LogP contribution >= 0.6 is 0 Å². The predicted octanol–water partition coefficient (Wildman–Crippen LogP) is 1.74. The van der Waals surface area contributed by atoms with Crippen molar-refractivity contribution in [2.75, 3.05) is 19.0 Å². The lowest BCUT2D eigenvalue weighted by Crippen LogP contribution is -2.29. The van der Waals surface area contributed by atoms with Crippen LogP contribution < -0.4 is 21.1 Å². The number of para-hydroxylation sites is 2. The van der Waals surface area contributed by atoms with Crippen LogP contribution in [0, 0.1) is 0 Å². The van der Waals surface area contributed by atoms with Gasteiger partial charge in [0.1, 0.15) is 0 Å². The third-order valence-electron chi connectivity index (χ3n) is 4.21. The molecule has 2 aromatic carbocycles. The van der Waals surface area contributed by atoms with Gasteiger partial charge in [-0.25, -0.2) is 4.68 Å². The molecule has 0 saturated carbocycles. The van der Waals surface area contributed by atoms with Crippen molar-refractivity contribution < 1.29 is 19.1 Å². The number of aromatic nitrogens is 2. The number of carbonyl (C=O) groups is 3. The average Bonchev–Trinajstić information content (AvgIpc) is 3.19. The van der Waals surface area contributed by atoms with Crippen LogP contribution in [0.4, 0.5) is 5.69 Å². The van der Waals surface area contributed by atoms with E-state index in [0.29, 0.717) is 11.4 Å². The molecule has 1 heterocycles. The molecular weight excluding hydrogens is 386 g/mol. The predicted molar refractivity (Wildman–Crippen MR) is 111 cm³/mol. The lowest BCUT2D eigenvalue weighted by atomic mass is 10.1. The molecule has 0 bridgehead atoms. The van der Waals surface area contributed by atoms with Gasteiger partial charge >= 0.3 is 0 Å². The third kappa shape index (κ3) is 4.82. The van der Waals surface area contributed by atoms with Crippen LogP contribution in [-0.4, -0.2) is 41.2 Å². The molecule has 4 N–H and O–H groups in total. The second kappa shape index (κ2) is 9.37. The largest absolute Gasteiger partial charge is 0.493 e. The molecule has 9 nitrogen and oxygen atoms in total. The van der Waals surface area contributed by atoms with Gasteiger partial charge in [-0.2, -0.15) is 5.10 Å². The van der Waals surface area contributed by atoms with E-state index < -0.39 is 17.7 Å². The maximum atomic E-state index is 12.9. The van der Waals surface area contributed by atoms with E-state index in [-0.39, 0.29) is 24.2 Å². The molecule has 3 rings (SSSR count). The maximum absolute atomic E-state index is 12.9. The molecule has 0 atom stereocenters. The molecule has 0 fully saturated rings. The minimum absolute atomic E-state index is 0.0222. The fourth-order valence-corrected chi connectivity index (χ4v) is 2.74. The van der Waals surface area contributed by atoms with Crippen LogP contribution in [0.15, 0.2) is 60.8 Å². The molecule has 0 spiro atoms. The van der Waals surface area contributed by atoms with Gasteiger partial charge < -0.3 is 21.1 Å². The highest BCUT2D eigenvalue weighted by molar-refractivity contribution is 6.09. The molecule has 9 heteroatoms. The quantitative estimate of drug-likeness (QED) is 0.524. The van der Waals surface area contributed by atoms with Crippen LogP contribution in [0.1, 0.15) is 27.3 Å². The normalized spacial score (nSPS) is 10.3. The SMILES string of the molecule is COc1cn(-c2ccccc2)nc1C(=O)Nc1ccccc1C(=O)NCCC(N)=O. The van der Waals surface area contributed by atoms with Gasteiger partial charge in [0.05, 0.1) is 30.2 Å². The van der Waals surface area contributed by atoms with Gasteiger partial charge in [0.15, 0.2) is 11.4 Å². The van der Waals surface area contributed by atoms with Gasteiger partial charge in [-0.3, -0.25) is 14.4 Å². The first-order valence-corrected chi connectivity index (χ1v) is 9.15. The Morgan fingerprint density at radius 2 is 1.73 bits per heavy atom. The summed E-state index contributed by atoms with van der Waals surface area (Å²) in [6.45, 7) is 0.103. The second-order valence-electron chi connectivity index (χ2n) is 6.30. The Balaban J connectivity index is 1.81. The molecule has 0 saturated heterocycles. The lowest BCUT2D eigenvalue weighted by molar-refractivity contribution is -0.117. The van der Waals surface area contributed by atoms with Gasteiger partial charge in [0.25, 0.3) is 11.8 Å². The van der Waals surface area contributed by atoms with E-state index in [4.69, 9.17) is 10.5 Å². The van der Waals surface area contributed by atoms with E-state index in [1.54, 1.807) is 30.5 Å². The summed E-state index contributed by atoms with van der Waals surface area (Å²) in [5.74, 6) is -1.19. The molecule has 3 amide bonds. The highest BCUT2D eigenvalue weighted by Gasteiger charge is 2.20. The first-order valence-electron chi connectivity index (χ1n) is 9.15. The van der Waals surface area contributed by atoms with Crippen LogP contribution in [0.3, 0.4) is 0 Å². The number of carbonyl (C=O) groups excluding carboxylic acids is 3. The number of hydrogen-bond acceptors (Lipinski definition) is 5. The number of anilines is 1. The number of hydrogen-bond donors (Lipinski definition) is 3. The number of primary amides is 1. The zero-order valence-corrected chi connectivity index (χ0v) is 16.3. The van der Waals surface area contributed by atoms with E-state index in [1.807, 2.05) is 30.3 Å². The Labute approximate surface area is 172 Å². The van der Waals surface area contributed by atoms with Crippen molar-refractivity contribution in [2.45, 2.75) is 6.42 Å². The summed E-state index contributed by atoms with van der Waals surface area (Å²) in [6.07, 6.45) is 1.63. The Kier molecular flexibility index (Phi) is 6.43. The van der Waals surface area contributed by atoms with Crippen LogP contribution in [0.5, 0.6) is 5.75 Å². The zero-order valence-electron chi connectivity index (χ0n) is 16.3. The molecule has 0 aliphatic heterocycles. The number of ether oxygens (including phenoxy) is 1. The minimum atomic E-state index is -0.529. The number of amides is 3.